The molecular formula is C14H25F2N3O. The number of halogens is 2. The molecule has 0 radical (unpaired) electrons. The van der Waals surface area contributed by atoms with Crippen molar-refractivity contribution in [1.82, 2.24) is 15.5 Å². The first kappa shape index (κ1) is 15.6. The molecule has 1 saturated heterocycles. The minimum Gasteiger partial charge on any atom is -0.352 e. The average Bonchev–Trinajstić information content (AvgIpc) is 2.42. The monoisotopic (exact) mass is 289 g/mol. The molecule has 4 nitrogen and oxygen atoms in total. The van der Waals surface area contributed by atoms with E-state index in [0.717, 1.165) is 25.9 Å². The highest BCUT2D eigenvalue weighted by Crippen LogP contribution is 2.32. The molecule has 2 fully saturated rings. The molecule has 1 amide bonds. The smallest absolute Gasteiger partial charge is 0.248 e. The SMILES string of the molecule is CNC1CCN(CC(=O)NC2CCC(F)(F)CC2)CC1. The van der Waals surface area contributed by atoms with E-state index < -0.39 is 5.92 Å². The number of amides is 1. The van der Waals surface area contributed by atoms with Crippen LogP contribution in [-0.2, 0) is 4.79 Å². The lowest BCUT2D eigenvalue weighted by atomic mass is 9.92. The van der Waals surface area contributed by atoms with Crippen LogP contribution in [0.25, 0.3) is 0 Å². The summed E-state index contributed by atoms with van der Waals surface area (Å²) in [5.41, 5.74) is 0. The van der Waals surface area contributed by atoms with Gasteiger partial charge in [-0.3, -0.25) is 9.69 Å². The van der Waals surface area contributed by atoms with Crippen LogP contribution in [0.1, 0.15) is 38.5 Å². The summed E-state index contributed by atoms with van der Waals surface area (Å²) < 4.78 is 26.1. The van der Waals surface area contributed by atoms with Gasteiger partial charge in [0.15, 0.2) is 0 Å². The van der Waals surface area contributed by atoms with Crippen molar-refractivity contribution in [3.63, 3.8) is 0 Å². The second-order valence-electron chi connectivity index (χ2n) is 6.04. The zero-order valence-corrected chi connectivity index (χ0v) is 12.1. The Labute approximate surface area is 119 Å². The first-order valence-corrected chi connectivity index (χ1v) is 7.55. The molecule has 0 aromatic heterocycles. The maximum Gasteiger partial charge on any atom is 0.248 e. The van der Waals surface area contributed by atoms with E-state index in [1.54, 1.807) is 0 Å². The molecule has 1 aliphatic heterocycles. The molecule has 0 aromatic carbocycles. The van der Waals surface area contributed by atoms with Crippen molar-refractivity contribution in [2.45, 2.75) is 56.5 Å². The van der Waals surface area contributed by atoms with Gasteiger partial charge in [0.05, 0.1) is 6.54 Å². The topological polar surface area (TPSA) is 44.4 Å². The van der Waals surface area contributed by atoms with Crippen LogP contribution in [0.3, 0.4) is 0 Å². The number of alkyl halides is 2. The van der Waals surface area contributed by atoms with E-state index in [-0.39, 0.29) is 24.8 Å². The Kier molecular flexibility index (Phi) is 5.32. The number of piperidine rings is 1. The molecule has 0 spiro atoms. The molecular weight excluding hydrogens is 264 g/mol. The number of nitrogens with zero attached hydrogens (tertiary/aromatic N) is 1. The number of hydrogen-bond donors (Lipinski definition) is 2. The summed E-state index contributed by atoms with van der Waals surface area (Å²) in [4.78, 5) is 14.1. The van der Waals surface area contributed by atoms with Crippen molar-refractivity contribution in [2.24, 2.45) is 0 Å². The van der Waals surface area contributed by atoms with Gasteiger partial charge in [-0.2, -0.15) is 0 Å². The number of rotatable bonds is 4. The van der Waals surface area contributed by atoms with Gasteiger partial charge >= 0.3 is 0 Å². The highest BCUT2D eigenvalue weighted by atomic mass is 19.3. The molecule has 0 atom stereocenters. The summed E-state index contributed by atoms with van der Waals surface area (Å²) in [6.45, 7) is 2.23. The van der Waals surface area contributed by atoms with Crippen LogP contribution < -0.4 is 10.6 Å². The largest absolute Gasteiger partial charge is 0.352 e. The van der Waals surface area contributed by atoms with E-state index in [0.29, 0.717) is 25.4 Å². The van der Waals surface area contributed by atoms with E-state index in [1.807, 2.05) is 7.05 Å². The highest BCUT2D eigenvalue weighted by molar-refractivity contribution is 5.78. The Bertz CT molecular complexity index is 320. The standard InChI is InChI=1S/C14H25F2N3O/c1-17-11-4-8-19(9-5-11)10-13(20)18-12-2-6-14(15,16)7-3-12/h11-12,17H,2-10H2,1H3,(H,18,20). The van der Waals surface area contributed by atoms with E-state index in [2.05, 4.69) is 15.5 Å². The van der Waals surface area contributed by atoms with Crippen LogP contribution in [0.5, 0.6) is 0 Å². The van der Waals surface area contributed by atoms with Gasteiger partial charge < -0.3 is 10.6 Å². The van der Waals surface area contributed by atoms with Crippen LogP contribution in [-0.4, -0.2) is 55.5 Å². The summed E-state index contributed by atoms with van der Waals surface area (Å²) in [5, 5.41) is 6.15. The molecule has 0 bridgehead atoms. The molecule has 2 rings (SSSR count). The minimum atomic E-state index is -2.53. The summed E-state index contributed by atoms with van der Waals surface area (Å²) >= 11 is 0. The molecule has 0 aromatic rings. The Morgan fingerprint density at radius 2 is 1.75 bits per heavy atom. The lowest BCUT2D eigenvalue weighted by Gasteiger charge is -2.32. The third-order valence-corrected chi connectivity index (χ3v) is 4.45. The Balaban J connectivity index is 1.66. The molecule has 6 heteroatoms. The fourth-order valence-corrected chi connectivity index (χ4v) is 3.04. The molecule has 116 valence electrons. The van der Waals surface area contributed by atoms with Gasteiger partial charge in [-0.25, -0.2) is 8.78 Å². The number of hydrogen-bond acceptors (Lipinski definition) is 3. The van der Waals surface area contributed by atoms with Gasteiger partial charge in [0.1, 0.15) is 0 Å². The van der Waals surface area contributed by atoms with Gasteiger partial charge in [-0.15, -0.1) is 0 Å². The summed E-state index contributed by atoms with van der Waals surface area (Å²) in [5.74, 6) is -2.56. The van der Waals surface area contributed by atoms with Crippen molar-refractivity contribution >= 4 is 5.91 Å². The van der Waals surface area contributed by atoms with Crippen molar-refractivity contribution in [3.05, 3.63) is 0 Å². The van der Waals surface area contributed by atoms with Gasteiger partial charge in [-0.05, 0) is 32.7 Å². The molecule has 0 unspecified atom stereocenters. The summed E-state index contributed by atoms with van der Waals surface area (Å²) in [7, 11) is 1.96. The molecule has 1 saturated carbocycles. The second-order valence-corrected chi connectivity index (χ2v) is 6.04. The third-order valence-electron chi connectivity index (χ3n) is 4.45. The molecule has 20 heavy (non-hydrogen) atoms. The van der Waals surface area contributed by atoms with E-state index in [4.69, 9.17) is 0 Å². The van der Waals surface area contributed by atoms with E-state index in [9.17, 15) is 13.6 Å². The van der Waals surface area contributed by atoms with Crippen molar-refractivity contribution in [1.29, 1.82) is 0 Å². The van der Waals surface area contributed by atoms with Crippen LogP contribution in [0, 0.1) is 0 Å². The Morgan fingerprint density at radius 1 is 1.15 bits per heavy atom. The highest BCUT2D eigenvalue weighted by Gasteiger charge is 2.35. The zero-order chi connectivity index (χ0) is 14.6. The van der Waals surface area contributed by atoms with Crippen LogP contribution in [0.2, 0.25) is 0 Å². The first-order valence-electron chi connectivity index (χ1n) is 7.55. The quantitative estimate of drug-likeness (QED) is 0.821. The van der Waals surface area contributed by atoms with Crippen molar-refractivity contribution in [2.75, 3.05) is 26.7 Å². The van der Waals surface area contributed by atoms with Crippen LogP contribution >= 0.6 is 0 Å². The molecule has 1 aliphatic carbocycles. The van der Waals surface area contributed by atoms with Crippen molar-refractivity contribution < 1.29 is 13.6 Å². The lowest BCUT2D eigenvalue weighted by molar-refractivity contribution is -0.124. The molecule has 2 N–H and O–H groups in total. The fourth-order valence-electron chi connectivity index (χ4n) is 3.04. The van der Waals surface area contributed by atoms with Crippen molar-refractivity contribution in [3.8, 4) is 0 Å². The lowest BCUT2D eigenvalue weighted by Crippen LogP contribution is -2.48. The summed E-state index contributed by atoms with van der Waals surface area (Å²) in [6, 6.07) is 0.479. The maximum absolute atomic E-state index is 13.0. The van der Waals surface area contributed by atoms with Gasteiger partial charge in [0.25, 0.3) is 0 Å². The Hall–Kier alpha value is -0.750. The first-order chi connectivity index (χ1) is 9.48. The molecule has 2 aliphatic rings. The van der Waals surface area contributed by atoms with Crippen LogP contribution in [0.15, 0.2) is 0 Å². The van der Waals surface area contributed by atoms with Crippen LogP contribution in [0.4, 0.5) is 8.78 Å². The van der Waals surface area contributed by atoms with E-state index in [1.165, 1.54) is 0 Å². The minimum absolute atomic E-state index is 0.0249. The van der Waals surface area contributed by atoms with Gasteiger partial charge in [0.2, 0.25) is 11.8 Å². The number of carbonyl (C=O) groups excluding carboxylic acids is 1. The maximum atomic E-state index is 13.0. The molecule has 1 heterocycles. The third kappa shape index (κ3) is 4.66. The van der Waals surface area contributed by atoms with Gasteiger partial charge in [-0.1, -0.05) is 0 Å². The Morgan fingerprint density at radius 3 is 2.30 bits per heavy atom. The number of likely N-dealkylation sites (tertiary alicyclic amines) is 1. The van der Waals surface area contributed by atoms with E-state index >= 15 is 0 Å². The summed E-state index contributed by atoms with van der Waals surface area (Å²) in [6.07, 6.45) is 2.68. The van der Waals surface area contributed by atoms with Gasteiger partial charge in [0, 0.05) is 38.0 Å². The predicted molar refractivity (Wildman–Crippen MR) is 73.9 cm³/mol. The predicted octanol–water partition coefficient (Wildman–Crippen LogP) is 1.36. The number of carbonyl (C=O) groups is 1. The normalized spacial score (nSPS) is 25.6. The fraction of sp³-hybridized carbons (Fsp3) is 0.929. The number of nitrogens with one attached hydrogen (secondary N) is 2. The average molecular weight is 289 g/mol. The zero-order valence-electron chi connectivity index (χ0n) is 12.1. The second kappa shape index (κ2) is 6.80.